The molecule has 0 spiro atoms. The Labute approximate surface area is 205 Å². The summed E-state index contributed by atoms with van der Waals surface area (Å²) in [5.41, 5.74) is 1.79. The molecule has 2 atom stereocenters. The smallest absolute Gasteiger partial charge is 0.260 e. The first-order chi connectivity index (χ1) is 17.0. The van der Waals surface area contributed by atoms with Crippen molar-refractivity contribution >= 4 is 33.4 Å². The molecule has 3 aromatic rings. The van der Waals surface area contributed by atoms with E-state index in [0.29, 0.717) is 35.4 Å². The lowest BCUT2D eigenvalue weighted by molar-refractivity contribution is -0.134. The number of fused-ring (bicyclic) bond motifs is 1. The van der Waals surface area contributed by atoms with Crippen LogP contribution in [-0.2, 0) is 24.2 Å². The van der Waals surface area contributed by atoms with Crippen molar-refractivity contribution in [1.29, 1.82) is 0 Å². The Bertz CT molecular complexity index is 1250. The molecule has 1 aliphatic rings. The van der Waals surface area contributed by atoms with Gasteiger partial charge in [0.05, 0.1) is 23.3 Å². The number of amides is 1. The summed E-state index contributed by atoms with van der Waals surface area (Å²) < 4.78 is 25.6. The van der Waals surface area contributed by atoms with Crippen LogP contribution in [0.25, 0.3) is 10.9 Å². The fraction of sp³-hybridized carbons (Fsp3) is 0.333. The van der Waals surface area contributed by atoms with Gasteiger partial charge < -0.3 is 27.6 Å². The summed E-state index contributed by atoms with van der Waals surface area (Å²) in [6.07, 6.45) is 1.98. The van der Waals surface area contributed by atoms with Crippen molar-refractivity contribution in [2.45, 2.75) is 18.6 Å². The molecule has 11 heteroatoms. The fourth-order valence-electron chi connectivity index (χ4n) is 4.20. The highest BCUT2D eigenvalue weighted by molar-refractivity contribution is 7.69. The molecule has 1 unspecified atom stereocenters. The molecule has 10 nitrogen and oxygen atoms in total. The highest BCUT2D eigenvalue weighted by Gasteiger charge is 2.28. The predicted octanol–water partition coefficient (Wildman–Crippen LogP) is 2.46. The van der Waals surface area contributed by atoms with Gasteiger partial charge in [-0.15, -0.1) is 0 Å². The van der Waals surface area contributed by atoms with Gasteiger partial charge in [-0.2, -0.15) is 0 Å². The summed E-state index contributed by atoms with van der Waals surface area (Å²) in [6, 6.07) is 16.4. The Hall–Kier alpha value is -3.09. The van der Waals surface area contributed by atoms with Crippen LogP contribution in [-0.4, -0.2) is 65.2 Å². The molecule has 3 N–H and O–H groups in total. The third-order valence-corrected chi connectivity index (χ3v) is 6.55. The zero-order valence-corrected chi connectivity index (χ0v) is 20.1. The van der Waals surface area contributed by atoms with Crippen molar-refractivity contribution in [2.75, 3.05) is 33.3 Å². The number of pyridine rings is 1. The fourth-order valence-corrected chi connectivity index (χ4v) is 4.55. The van der Waals surface area contributed by atoms with Gasteiger partial charge in [0.25, 0.3) is 5.91 Å². The number of hydrogen-bond acceptors (Lipinski definition) is 10. The molecule has 2 aromatic carbocycles. The highest BCUT2D eigenvalue weighted by Crippen LogP contribution is 2.32. The van der Waals surface area contributed by atoms with E-state index in [4.69, 9.17) is 10.6 Å². The summed E-state index contributed by atoms with van der Waals surface area (Å²) in [7, 11) is -0.281. The van der Waals surface area contributed by atoms with Crippen LogP contribution in [0.3, 0.4) is 0 Å². The van der Waals surface area contributed by atoms with Crippen molar-refractivity contribution in [3.8, 4) is 5.75 Å². The molecule has 1 aliphatic heterocycles. The van der Waals surface area contributed by atoms with Crippen molar-refractivity contribution in [3.05, 3.63) is 66.4 Å². The van der Waals surface area contributed by atoms with E-state index in [0.717, 1.165) is 18.5 Å². The van der Waals surface area contributed by atoms with E-state index in [1.807, 2.05) is 30.3 Å². The Morgan fingerprint density at radius 3 is 2.80 bits per heavy atom. The second kappa shape index (κ2) is 11.6. The second-order valence-corrected chi connectivity index (χ2v) is 9.12. The van der Waals surface area contributed by atoms with Crippen molar-refractivity contribution in [2.24, 2.45) is 10.3 Å². The Morgan fingerprint density at radius 2 is 2.09 bits per heavy atom. The van der Waals surface area contributed by atoms with E-state index in [1.54, 1.807) is 42.4 Å². The lowest BCUT2D eigenvalue weighted by Crippen LogP contribution is -2.40. The van der Waals surface area contributed by atoms with Gasteiger partial charge in [-0.05, 0) is 47.1 Å². The molecule has 2 heterocycles. The first-order valence-corrected chi connectivity index (χ1v) is 12.2. The SMILES string of the molecule is CN(C(=O)COc1ccc(N=[S-](=O)ON)c2ncccc12)C(CN1CC[C@H](O)C1)c1ccccc1. The minimum atomic E-state index is -2.04. The Morgan fingerprint density at radius 1 is 1.29 bits per heavy atom. The Balaban J connectivity index is 1.51. The number of ether oxygens (including phenoxy) is 1. The molecule has 0 radical (unpaired) electrons. The standard InChI is InChI=1S/C24H28N5O5S/c1-28(21(17-6-3-2-4-7-17)15-29-13-11-18(30)14-29)23(31)16-33-22-10-9-20(27-35(32)34-25)24-19(22)8-5-12-26-24/h2-10,12,18,21,30H,11,13-16,25H2,1H3/q-1/t18-,21?/m0/s1. The monoisotopic (exact) mass is 498 g/mol. The van der Waals surface area contributed by atoms with Crippen LogP contribution in [0.2, 0.25) is 0 Å². The van der Waals surface area contributed by atoms with E-state index >= 15 is 0 Å². The van der Waals surface area contributed by atoms with Crippen LogP contribution in [0.15, 0.2) is 65.2 Å². The Kier molecular flexibility index (Phi) is 8.26. The van der Waals surface area contributed by atoms with E-state index in [-0.39, 0.29) is 24.7 Å². The summed E-state index contributed by atoms with van der Waals surface area (Å²) in [4.78, 5) is 21.3. The zero-order chi connectivity index (χ0) is 24.8. The third-order valence-electron chi connectivity index (χ3n) is 6.04. The second-order valence-electron chi connectivity index (χ2n) is 8.31. The molecular formula is C24H28N5O5S-. The number of aromatic nitrogens is 1. The minimum absolute atomic E-state index is 0.180. The quantitative estimate of drug-likeness (QED) is 0.340. The number of nitrogens with zero attached hydrogens (tertiary/aromatic N) is 4. The van der Waals surface area contributed by atoms with Crippen molar-refractivity contribution < 1.29 is 23.1 Å². The third kappa shape index (κ3) is 6.13. The summed E-state index contributed by atoms with van der Waals surface area (Å²) in [5, 5.41) is 10.5. The van der Waals surface area contributed by atoms with Gasteiger partial charge in [0.2, 0.25) is 0 Å². The van der Waals surface area contributed by atoms with E-state index in [2.05, 4.69) is 18.5 Å². The van der Waals surface area contributed by atoms with Gasteiger partial charge >= 0.3 is 0 Å². The molecule has 4 rings (SSSR count). The first kappa shape index (κ1) is 25.0. The van der Waals surface area contributed by atoms with Crippen LogP contribution in [0.4, 0.5) is 5.69 Å². The number of benzene rings is 2. The molecule has 1 fully saturated rings. The van der Waals surface area contributed by atoms with E-state index < -0.39 is 10.9 Å². The van der Waals surface area contributed by atoms with Gasteiger partial charge in [0.1, 0.15) is 5.75 Å². The van der Waals surface area contributed by atoms with Crippen molar-refractivity contribution in [1.82, 2.24) is 14.8 Å². The molecule has 0 aliphatic carbocycles. The topological polar surface area (TPSA) is 131 Å². The average molecular weight is 499 g/mol. The van der Waals surface area contributed by atoms with Gasteiger partial charge in [-0.1, -0.05) is 30.3 Å². The number of likely N-dealkylation sites (tertiary alicyclic amines) is 1. The van der Waals surface area contributed by atoms with E-state index in [9.17, 15) is 14.1 Å². The summed E-state index contributed by atoms with van der Waals surface area (Å²) >= 11 is 0. The number of aliphatic hydroxyl groups is 1. The van der Waals surface area contributed by atoms with Gasteiger partial charge in [-0.25, -0.2) is 5.90 Å². The average Bonchev–Trinajstić information content (AvgIpc) is 3.31. The summed E-state index contributed by atoms with van der Waals surface area (Å²) in [6.45, 7) is 1.82. The predicted molar refractivity (Wildman–Crippen MR) is 132 cm³/mol. The maximum Gasteiger partial charge on any atom is 0.260 e. The maximum absolute atomic E-state index is 13.2. The number of nitrogens with two attached hydrogens (primary N) is 1. The summed E-state index contributed by atoms with van der Waals surface area (Å²) in [5.74, 6) is 5.19. The van der Waals surface area contributed by atoms with Gasteiger partial charge in [0, 0.05) is 38.3 Å². The minimum Gasteiger partial charge on any atom is -0.483 e. The van der Waals surface area contributed by atoms with Gasteiger partial charge in [0.15, 0.2) is 6.61 Å². The number of rotatable bonds is 9. The number of carbonyl (C=O) groups is 1. The molecule has 1 saturated heterocycles. The van der Waals surface area contributed by atoms with Crippen LogP contribution in [0.5, 0.6) is 5.75 Å². The van der Waals surface area contributed by atoms with Crippen LogP contribution in [0.1, 0.15) is 18.0 Å². The lowest BCUT2D eigenvalue weighted by Gasteiger charge is -2.32. The lowest BCUT2D eigenvalue weighted by atomic mass is 10.0. The van der Waals surface area contributed by atoms with Crippen LogP contribution in [0, 0.1) is 0 Å². The molecule has 186 valence electrons. The van der Waals surface area contributed by atoms with E-state index in [1.165, 1.54) is 0 Å². The molecule has 1 amide bonds. The molecule has 0 saturated carbocycles. The molecular weight excluding hydrogens is 470 g/mol. The molecule has 35 heavy (non-hydrogen) atoms. The van der Waals surface area contributed by atoms with Gasteiger partial charge in [-0.3, -0.25) is 14.7 Å². The van der Waals surface area contributed by atoms with Crippen LogP contribution < -0.4 is 10.6 Å². The van der Waals surface area contributed by atoms with Crippen molar-refractivity contribution in [3.63, 3.8) is 0 Å². The highest BCUT2D eigenvalue weighted by atomic mass is 32.2. The largest absolute Gasteiger partial charge is 0.483 e. The number of hydrogen-bond donors (Lipinski definition) is 2. The number of likely N-dealkylation sites (N-methyl/N-ethyl adjacent to an activating group) is 1. The number of aliphatic hydroxyl groups excluding tert-OH is 1. The number of β-amino-alcohol motifs (C(OH)–C–C–N with tert-alkyl or cyclic N) is 1. The zero-order valence-electron chi connectivity index (χ0n) is 19.3. The number of carbonyl (C=O) groups excluding carboxylic acids is 1. The maximum atomic E-state index is 13.2. The first-order valence-electron chi connectivity index (χ1n) is 11.2. The molecule has 0 bridgehead atoms. The normalized spacial score (nSPS) is 18.0. The molecule has 1 aromatic heterocycles. The van der Waals surface area contributed by atoms with Crippen LogP contribution >= 0.6 is 0 Å².